The fourth-order valence-corrected chi connectivity index (χ4v) is 4.05. The molecule has 0 spiro atoms. The highest BCUT2D eigenvalue weighted by molar-refractivity contribution is 5.88. The normalized spacial score (nSPS) is 19.7. The minimum atomic E-state index is 0.000660. The molecule has 8 nitrogen and oxygen atoms in total. The van der Waals surface area contributed by atoms with Gasteiger partial charge in [0, 0.05) is 45.7 Å². The van der Waals surface area contributed by atoms with E-state index in [0.717, 1.165) is 36.4 Å². The molecule has 0 aliphatic carbocycles. The second kappa shape index (κ2) is 10.0. The van der Waals surface area contributed by atoms with Gasteiger partial charge >= 0.3 is 0 Å². The molecule has 0 unspecified atom stereocenters. The topological polar surface area (TPSA) is 93.4 Å². The van der Waals surface area contributed by atoms with Gasteiger partial charge in [-0.25, -0.2) is 4.98 Å². The van der Waals surface area contributed by atoms with E-state index in [-0.39, 0.29) is 5.91 Å². The van der Waals surface area contributed by atoms with Crippen molar-refractivity contribution in [2.24, 2.45) is 11.8 Å². The van der Waals surface area contributed by atoms with E-state index >= 15 is 0 Å². The number of aryl methyl sites for hydroxylation is 2. The lowest BCUT2D eigenvalue weighted by Crippen LogP contribution is -2.39. The minimum Gasteiger partial charge on any atom is -0.382 e. The molecule has 0 aromatic carbocycles. The van der Waals surface area contributed by atoms with Crippen LogP contribution in [0.25, 0.3) is 11.1 Å². The molecule has 0 radical (unpaired) electrons. The van der Waals surface area contributed by atoms with Gasteiger partial charge < -0.3 is 19.5 Å². The zero-order valence-corrected chi connectivity index (χ0v) is 18.0. The van der Waals surface area contributed by atoms with Gasteiger partial charge in [-0.3, -0.25) is 4.79 Å². The van der Waals surface area contributed by atoms with E-state index in [0.29, 0.717) is 56.0 Å². The molecule has 1 aliphatic heterocycles. The largest absolute Gasteiger partial charge is 0.382 e. The predicted octanol–water partition coefficient (Wildman–Crippen LogP) is 2.88. The first-order valence-electron chi connectivity index (χ1n) is 10.7. The van der Waals surface area contributed by atoms with Crippen LogP contribution in [0.1, 0.15) is 51.6 Å². The van der Waals surface area contributed by atoms with Crippen molar-refractivity contribution in [1.82, 2.24) is 20.4 Å². The SMILES string of the molecule is CCOCCCNC(=O)CCc1nc(N2C[C@H](C)C[C@H](C)C2)c2c(C)noc2n1. The van der Waals surface area contributed by atoms with Crippen molar-refractivity contribution in [3.63, 3.8) is 0 Å². The molecule has 2 aromatic rings. The third kappa shape index (κ3) is 5.65. The maximum absolute atomic E-state index is 12.1. The number of piperidine rings is 1. The number of nitrogens with one attached hydrogen (secondary N) is 1. The molecule has 2 aromatic heterocycles. The van der Waals surface area contributed by atoms with E-state index in [1.807, 2.05) is 13.8 Å². The summed E-state index contributed by atoms with van der Waals surface area (Å²) in [5, 5.41) is 7.90. The number of anilines is 1. The molecule has 1 amide bonds. The minimum absolute atomic E-state index is 0.000660. The van der Waals surface area contributed by atoms with Crippen molar-refractivity contribution in [3.8, 4) is 0 Å². The highest BCUT2D eigenvalue weighted by Crippen LogP contribution is 2.31. The van der Waals surface area contributed by atoms with Crippen LogP contribution in [0.2, 0.25) is 0 Å². The van der Waals surface area contributed by atoms with E-state index in [1.165, 1.54) is 6.42 Å². The molecule has 8 heteroatoms. The summed E-state index contributed by atoms with van der Waals surface area (Å²) in [7, 11) is 0. The van der Waals surface area contributed by atoms with Gasteiger partial charge in [-0.2, -0.15) is 4.98 Å². The first-order chi connectivity index (χ1) is 14.0. The van der Waals surface area contributed by atoms with Crippen molar-refractivity contribution < 1.29 is 14.1 Å². The molecule has 1 aliphatic rings. The summed E-state index contributed by atoms with van der Waals surface area (Å²) in [6.45, 7) is 12.3. The Bertz CT molecular complexity index is 812. The van der Waals surface area contributed by atoms with Crippen LogP contribution in [0.4, 0.5) is 5.82 Å². The number of fused-ring (bicyclic) bond motifs is 1. The van der Waals surface area contributed by atoms with Gasteiger partial charge in [0.15, 0.2) is 0 Å². The van der Waals surface area contributed by atoms with Crippen molar-refractivity contribution in [1.29, 1.82) is 0 Å². The highest BCUT2D eigenvalue weighted by atomic mass is 16.5. The molecule has 1 fully saturated rings. The van der Waals surface area contributed by atoms with E-state index in [1.54, 1.807) is 0 Å². The summed E-state index contributed by atoms with van der Waals surface area (Å²) in [6.07, 6.45) is 2.86. The van der Waals surface area contributed by atoms with Crippen molar-refractivity contribution in [2.45, 2.75) is 53.4 Å². The molecule has 0 bridgehead atoms. The van der Waals surface area contributed by atoms with Gasteiger partial charge in [0.2, 0.25) is 5.91 Å². The number of ether oxygens (including phenoxy) is 1. The Morgan fingerprint density at radius 3 is 2.76 bits per heavy atom. The lowest BCUT2D eigenvalue weighted by molar-refractivity contribution is -0.121. The summed E-state index contributed by atoms with van der Waals surface area (Å²) < 4.78 is 10.7. The molecule has 1 saturated heterocycles. The Balaban J connectivity index is 1.68. The Morgan fingerprint density at radius 2 is 2.03 bits per heavy atom. The number of rotatable bonds is 9. The number of carbonyl (C=O) groups is 1. The zero-order chi connectivity index (χ0) is 20.8. The van der Waals surface area contributed by atoms with Crippen LogP contribution in [-0.4, -0.2) is 53.9 Å². The first kappa shape index (κ1) is 21.5. The molecule has 160 valence electrons. The van der Waals surface area contributed by atoms with Gasteiger partial charge in [-0.05, 0) is 38.5 Å². The smallest absolute Gasteiger partial charge is 0.263 e. The number of hydrogen-bond acceptors (Lipinski definition) is 7. The standard InChI is InChI=1S/C21H33N5O3/c1-5-28-10-6-9-22-18(27)8-7-17-23-20(19-16(4)25-29-21(19)24-17)26-12-14(2)11-15(3)13-26/h14-15H,5-13H2,1-4H3,(H,22,27)/t14-,15+. The van der Waals surface area contributed by atoms with Crippen LogP contribution >= 0.6 is 0 Å². The van der Waals surface area contributed by atoms with Gasteiger partial charge in [0.05, 0.1) is 5.69 Å². The van der Waals surface area contributed by atoms with E-state index in [4.69, 9.17) is 14.2 Å². The molecule has 3 heterocycles. The Labute approximate surface area is 172 Å². The Morgan fingerprint density at radius 1 is 1.28 bits per heavy atom. The number of hydrogen-bond donors (Lipinski definition) is 1. The summed E-state index contributed by atoms with van der Waals surface area (Å²) in [4.78, 5) is 23.8. The predicted molar refractivity (Wildman–Crippen MR) is 112 cm³/mol. The second-order valence-electron chi connectivity index (χ2n) is 8.16. The average Bonchev–Trinajstić information content (AvgIpc) is 3.06. The fraction of sp³-hybridized carbons (Fsp3) is 0.714. The zero-order valence-electron chi connectivity index (χ0n) is 18.0. The van der Waals surface area contributed by atoms with Crippen molar-refractivity contribution >= 4 is 22.8 Å². The number of nitrogens with zero attached hydrogens (tertiary/aromatic N) is 4. The summed E-state index contributed by atoms with van der Waals surface area (Å²) >= 11 is 0. The van der Waals surface area contributed by atoms with Crippen LogP contribution < -0.4 is 10.2 Å². The fourth-order valence-electron chi connectivity index (χ4n) is 4.05. The third-order valence-electron chi connectivity index (χ3n) is 5.27. The maximum Gasteiger partial charge on any atom is 0.263 e. The van der Waals surface area contributed by atoms with E-state index in [9.17, 15) is 4.79 Å². The molecule has 3 rings (SSSR count). The van der Waals surface area contributed by atoms with E-state index < -0.39 is 0 Å². The molecular weight excluding hydrogens is 370 g/mol. The van der Waals surface area contributed by atoms with Crippen LogP contribution in [-0.2, 0) is 16.0 Å². The van der Waals surface area contributed by atoms with Crippen LogP contribution in [0.15, 0.2) is 4.52 Å². The number of carbonyl (C=O) groups excluding carboxylic acids is 1. The second-order valence-corrected chi connectivity index (χ2v) is 8.16. The first-order valence-corrected chi connectivity index (χ1v) is 10.7. The molecule has 0 saturated carbocycles. The lowest BCUT2D eigenvalue weighted by Gasteiger charge is -2.36. The van der Waals surface area contributed by atoms with Gasteiger partial charge in [0.25, 0.3) is 5.71 Å². The van der Waals surface area contributed by atoms with Gasteiger partial charge in [-0.15, -0.1) is 0 Å². The molecule has 2 atom stereocenters. The monoisotopic (exact) mass is 403 g/mol. The Hall–Kier alpha value is -2.22. The van der Waals surface area contributed by atoms with Crippen molar-refractivity contribution in [2.75, 3.05) is 37.7 Å². The van der Waals surface area contributed by atoms with Crippen LogP contribution in [0, 0.1) is 18.8 Å². The van der Waals surface area contributed by atoms with Crippen LogP contribution in [0.5, 0.6) is 0 Å². The quantitative estimate of drug-likeness (QED) is 0.644. The van der Waals surface area contributed by atoms with Gasteiger partial charge in [-0.1, -0.05) is 19.0 Å². The molecular formula is C21H33N5O3. The van der Waals surface area contributed by atoms with E-state index in [2.05, 4.69) is 34.2 Å². The number of aromatic nitrogens is 3. The molecule has 1 N–H and O–H groups in total. The summed E-state index contributed by atoms with van der Waals surface area (Å²) in [5.41, 5.74) is 1.31. The number of amides is 1. The third-order valence-corrected chi connectivity index (χ3v) is 5.27. The Kier molecular flexibility index (Phi) is 7.41. The lowest BCUT2D eigenvalue weighted by atomic mass is 9.92. The van der Waals surface area contributed by atoms with Crippen molar-refractivity contribution in [3.05, 3.63) is 11.5 Å². The average molecular weight is 404 g/mol. The summed E-state index contributed by atoms with van der Waals surface area (Å²) in [6, 6.07) is 0. The highest BCUT2D eigenvalue weighted by Gasteiger charge is 2.27. The molecule has 29 heavy (non-hydrogen) atoms. The maximum atomic E-state index is 12.1. The summed E-state index contributed by atoms with van der Waals surface area (Å²) in [5.74, 6) is 2.73. The van der Waals surface area contributed by atoms with Crippen LogP contribution in [0.3, 0.4) is 0 Å². The van der Waals surface area contributed by atoms with Gasteiger partial charge in [0.1, 0.15) is 17.0 Å².